The van der Waals surface area contributed by atoms with Gasteiger partial charge in [-0.15, -0.1) is 0 Å². The van der Waals surface area contributed by atoms with Gasteiger partial charge in [0.15, 0.2) is 0 Å². The highest BCUT2D eigenvalue weighted by Crippen LogP contribution is 2.78. The van der Waals surface area contributed by atoms with Gasteiger partial charge in [-0.1, -0.05) is 87.5 Å². The molecule has 0 bridgehead atoms. The second kappa shape index (κ2) is 8.51. The van der Waals surface area contributed by atoms with E-state index in [-0.39, 0.29) is 0 Å². The first-order valence-electron chi connectivity index (χ1n) is 15.9. The van der Waals surface area contributed by atoms with E-state index in [0.29, 0.717) is 27.1 Å². The molecule has 5 fully saturated rings. The molecule has 10 atom stereocenters. The summed E-state index contributed by atoms with van der Waals surface area (Å²) < 4.78 is 0. The molecular formula is C34H60. The maximum Gasteiger partial charge on any atom is -0.0235 e. The Bertz CT molecular complexity index is 749. The minimum Gasteiger partial charge on any atom is -0.0654 e. The van der Waals surface area contributed by atoms with Gasteiger partial charge >= 0.3 is 0 Å². The second-order valence-corrected chi connectivity index (χ2v) is 16.3. The molecule has 5 aliphatic carbocycles. The van der Waals surface area contributed by atoms with Gasteiger partial charge in [0.2, 0.25) is 0 Å². The molecule has 0 N–H and O–H groups in total. The number of unbranched alkanes of at least 4 members (excludes halogenated alkanes) is 2. The Balaban J connectivity index is 1.41. The lowest BCUT2D eigenvalue weighted by Gasteiger charge is -2.73. The lowest BCUT2D eigenvalue weighted by atomic mass is 9.32. The molecular weight excluding hydrogens is 408 g/mol. The molecule has 0 radical (unpaired) electrons. The zero-order valence-corrected chi connectivity index (χ0v) is 24.6. The quantitative estimate of drug-likeness (QED) is 0.352. The molecule has 0 heterocycles. The fraction of sp³-hybridized carbons (Fsp3) is 1.00. The number of hydrogen-bond donors (Lipinski definition) is 0. The minimum atomic E-state index is 0.558. The summed E-state index contributed by atoms with van der Waals surface area (Å²) >= 11 is 0. The summed E-state index contributed by atoms with van der Waals surface area (Å²) in [5.74, 6) is 5.88. The minimum absolute atomic E-state index is 0.558. The molecule has 0 saturated heterocycles. The average molecular weight is 469 g/mol. The van der Waals surface area contributed by atoms with Crippen molar-refractivity contribution in [1.29, 1.82) is 0 Å². The molecule has 34 heavy (non-hydrogen) atoms. The highest BCUT2D eigenvalue weighted by Gasteiger charge is 2.70. The summed E-state index contributed by atoms with van der Waals surface area (Å²) in [6.45, 7) is 21.5. The summed E-state index contributed by atoms with van der Waals surface area (Å²) in [7, 11) is 0. The fourth-order valence-corrected chi connectivity index (χ4v) is 12.9. The third-order valence-electron chi connectivity index (χ3n) is 14.8. The monoisotopic (exact) mass is 468 g/mol. The normalized spacial score (nSPS) is 52.8. The third kappa shape index (κ3) is 3.41. The van der Waals surface area contributed by atoms with E-state index in [9.17, 15) is 0 Å². The van der Waals surface area contributed by atoms with E-state index < -0.39 is 0 Å². The lowest BCUT2D eigenvalue weighted by molar-refractivity contribution is -0.241. The van der Waals surface area contributed by atoms with Gasteiger partial charge in [0.25, 0.3) is 0 Å². The maximum absolute atomic E-state index is 2.83. The first kappa shape index (κ1) is 25.6. The molecule has 0 aromatic heterocycles. The summed E-state index contributed by atoms with van der Waals surface area (Å²) in [4.78, 5) is 0. The Morgan fingerprint density at radius 1 is 0.647 bits per heavy atom. The molecule has 0 aromatic carbocycles. The van der Waals surface area contributed by atoms with Crippen LogP contribution in [0.15, 0.2) is 0 Å². The number of rotatable bonds is 5. The summed E-state index contributed by atoms with van der Waals surface area (Å²) in [6, 6.07) is 0. The van der Waals surface area contributed by atoms with E-state index >= 15 is 0 Å². The van der Waals surface area contributed by atoms with Crippen LogP contribution in [0.1, 0.15) is 152 Å². The number of fused-ring (bicyclic) bond motifs is 7. The van der Waals surface area contributed by atoms with Crippen molar-refractivity contribution in [2.45, 2.75) is 152 Å². The van der Waals surface area contributed by atoms with Crippen LogP contribution in [0.4, 0.5) is 0 Å². The molecule has 196 valence electrons. The van der Waals surface area contributed by atoms with Crippen LogP contribution >= 0.6 is 0 Å². The summed E-state index contributed by atoms with van der Waals surface area (Å²) in [5.41, 5.74) is 2.90. The van der Waals surface area contributed by atoms with Gasteiger partial charge in [0.05, 0.1) is 0 Å². The van der Waals surface area contributed by atoms with Crippen molar-refractivity contribution in [1.82, 2.24) is 0 Å². The second-order valence-electron chi connectivity index (χ2n) is 16.3. The smallest absolute Gasteiger partial charge is 0.0235 e. The summed E-state index contributed by atoms with van der Waals surface area (Å²) in [6.07, 6.45) is 22.5. The Hall–Kier alpha value is 0. The van der Waals surface area contributed by atoms with Crippen LogP contribution in [0.3, 0.4) is 0 Å². The molecule has 0 heteroatoms. The van der Waals surface area contributed by atoms with E-state index in [4.69, 9.17) is 0 Å². The van der Waals surface area contributed by atoms with Crippen LogP contribution in [-0.4, -0.2) is 0 Å². The van der Waals surface area contributed by atoms with Crippen molar-refractivity contribution >= 4 is 0 Å². The van der Waals surface area contributed by atoms with Crippen molar-refractivity contribution in [3.8, 4) is 0 Å². The van der Waals surface area contributed by atoms with Crippen molar-refractivity contribution in [3.05, 3.63) is 0 Å². The largest absolute Gasteiger partial charge is 0.0654 e. The summed E-state index contributed by atoms with van der Waals surface area (Å²) in [5, 5.41) is 0. The molecule has 0 amide bonds. The van der Waals surface area contributed by atoms with Crippen molar-refractivity contribution in [2.24, 2.45) is 62.6 Å². The Kier molecular flexibility index (Phi) is 6.42. The molecule has 0 aromatic rings. The molecule has 5 aliphatic rings. The zero-order valence-electron chi connectivity index (χ0n) is 24.6. The predicted molar refractivity (Wildman–Crippen MR) is 148 cm³/mol. The third-order valence-corrected chi connectivity index (χ3v) is 14.8. The zero-order chi connectivity index (χ0) is 24.6. The van der Waals surface area contributed by atoms with Crippen molar-refractivity contribution in [3.63, 3.8) is 0 Å². The van der Waals surface area contributed by atoms with Crippen molar-refractivity contribution < 1.29 is 0 Å². The van der Waals surface area contributed by atoms with Crippen LogP contribution in [0.5, 0.6) is 0 Å². The van der Waals surface area contributed by atoms with Crippen LogP contribution in [-0.2, 0) is 0 Å². The molecule has 0 aliphatic heterocycles. The van der Waals surface area contributed by atoms with Gasteiger partial charge in [0.1, 0.15) is 0 Å². The molecule has 0 spiro atoms. The van der Waals surface area contributed by atoms with Gasteiger partial charge < -0.3 is 0 Å². The fourth-order valence-electron chi connectivity index (χ4n) is 12.9. The van der Waals surface area contributed by atoms with E-state index in [1.165, 1.54) is 77.0 Å². The maximum atomic E-state index is 2.83. The van der Waals surface area contributed by atoms with Gasteiger partial charge in [-0.2, -0.15) is 0 Å². The van der Waals surface area contributed by atoms with Gasteiger partial charge in [-0.3, -0.25) is 0 Å². The van der Waals surface area contributed by atoms with Gasteiger partial charge in [-0.05, 0) is 127 Å². The Labute approximate surface area is 214 Å². The molecule has 5 rings (SSSR count). The molecule has 0 unspecified atom stereocenters. The van der Waals surface area contributed by atoms with Gasteiger partial charge in [-0.25, -0.2) is 0 Å². The van der Waals surface area contributed by atoms with E-state index in [1.807, 2.05) is 0 Å². The molecule has 0 nitrogen and oxygen atoms in total. The number of hydrogen-bond acceptors (Lipinski definition) is 0. The standard InChI is InChI=1S/C34H60/c1-9-10-11-13-24(2)25-16-21-31(5)26(25)17-22-33(7)28(31)14-15-29-32(6)20-12-19-30(3,4)27(32)18-23-34(29,33)8/h24-29H,9-23H2,1-8H3/t24-,25-,26-,27-,28+,29+,31-,32-,33+,34+/m0/s1. The van der Waals surface area contributed by atoms with E-state index in [0.717, 1.165) is 35.5 Å². The SMILES string of the molecule is CCCCC[C@H](C)[C@@H]1CC[C@]2(C)[C@H]3CC[C@@H]4[C@@]5(C)CCCC(C)(C)[C@@H]5CC[C@@]4(C)[C@]3(C)CC[C@@H]12. The topological polar surface area (TPSA) is 0 Å². The highest BCUT2D eigenvalue weighted by molar-refractivity contribution is 5.19. The Morgan fingerprint density at radius 3 is 1.97 bits per heavy atom. The van der Waals surface area contributed by atoms with Crippen molar-refractivity contribution in [2.75, 3.05) is 0 Å². The van der Waals surface area contributed by atoms with E-state index in [1.54, 1.807) is 19.3 Å². The predicted octanol–water partition coefficient (Wildman–Crippen LogP) is 10.7. The Morgan fingerprint density at radius 2 is 1.29 bits per heavy atom. The van der Waals surface area contributed by atoms with Crippen LogP contribution in [0.25, 0.3) is 0 Å². The first-order valence-corrected chi connectivity index (χ1v) is 15.9. The highest BCUT2D eigenvalue weighted by atomic mass is 14.7. The van der Waals surface area contributed by atoms with Gasteiger partial charge in [0, 0.05) is 0 Å². The molecule has 5 saturated carbocycles. The first-order chi connectivity index (χ1) is 15.9. The van der Waals surface area contributed by atoms with Crippen LogP contribution < -0.4 is 0 Å². The lowest BCUT2D eigenvalue weighted by Crippen LogP contribution is -2.65. The van der Waals surface area contributed by atoms with E-state index in [2.05, 4.69) is 55.4 Å². The van der Waals surface area contributed by atoms with Crippen LogP contribution in [0.2, 0.25) is 0 Å². The van der Waals surface area contributed by atoms with Crippen LogP contribution in [0, 0.1) is 62.6 Å². The average Bonchev–Trinajstić information content (AvgIpc) is 3.11.